The number of nitrogens with one attached hydrogen (secondary N) is 1. The van der Waals surface area contributed by atoms with Crippen LogP contribution in [0.2, 0.25) is 0 Å². The van der Waals surface area contributed by atoms with Gasteiger partial charge in [0, 0.05) is 17.8 Å². The van der Waals surface area contributed by atoms with Crippen LogP contribution >= 0.6 is 0 Å². The maximum atomic E-state index is 13.2. The van der Waals surface area contributed by atoms with E-state index >= 15 is 0 Å². The number of hydrogen-bond donors (Lipinski definition) is 1. The summed E-state index contributed by atoms with van der Waals surface area (Å²) in [6.07, 6.45) is -3.37. The number of anilines is 2. The molecule has 0 bridgehead atoms. The summed E-state index contributed by atoms with van der Waals surface area (Å²) in [7, 11) is -3.90. The number of nitrogens with zero attached hydrogens (tertiary/aromatic N) is 1. The van der Waals surface area contributed by atoms with Gasteiger partial charge in [-0.05, 0) is 85.1 Å². The third-order valence-corrected chi connectivity index (χ3v) is 7.12. The number of carbonyl (C=O) groups is 1. The molecular weight excluding hydrogens is 460 g/mol. The minimum absolute atomic E-state index is 0.0311. The van der Waals surface area contributed by atoms with Crippen molar-refractivity contribution in [2.24, 2.45) is 0 Å². The van der Waals surface area contributed by atoms with Crippen molar-refractivity contribution >= 4 is 27.3 Å². The lowest BCUT2D eigenvalue weighted by molar-refractivity contribution is -0.137. The molecule has 0 unspecified atom stereocenters. The number of halogens is 4. The first-order valence-electron chi connectivity index (χ1n) is 9.95. The molecular formula is C23H18F4N2O3S. The third-order valence-electron chi connectivity index (χ3n) is 5.29. The molecule has 1 aliphatic heterocycles. The number of rotatable bonds is 4. The minimum atomic E-state index is -4.49. The molecule has 3 aromatic rings. The lowest BCUT2D eigenvalue weighted by atomic mass is 10.0. The normalized spacial score (nSPS) is 14.0. The smallest absolute Gasteiger partial charge is 0.322 e. The van der Waals surface area contributed by atoms with E-state index in [1.54, 1.807) is 12.1 Å². The molecule has 0 aromatic heterocycles. The molecule has 0 aliphatic carbocycles. The van der Waals surface area contributed by atoms with Gasteiger partial charge in [0.1, 0.15) is 5.82 Å². The Hall–Kier alpha value is -3.40. The highest BCUT2D eigenvalue weighted by molar-refractivity contribution is 7.92. The van der Waals surface area contributed by atoms with Crippen LogP contribution in [0.15, 0.2) is 71.6 Å². The lowest BCUT2D eigenvalue weighted by Gasteiger charge is -2.31. The van der Waals surface area contributed by atoms with E-state index in [0.717, 1.165) is 36.4 Å². The zero-order valence-electron chi connectivity index (χ0n) is 17.1. The van der Waals surface area contributed by atoms with Gasteiger partial charge < -0.3 is 5.32 Å². The Morgan fingerprint density at radius 3 is 2.24 bits per heavy atom. The predicted octanol–water partition coefficient (Wildman–Crippen LogP) is 5.24. The molecule has 1 aliphatic rings. The maximum Gasteiger partial charge on any atom is 0.416 e. The summed E-state index contributed by atoms with van der Waals surface area (Å²) < 4.78 is 78.7. The number of fused-ring (bicyclic) bond motifs is 1. The summed E-state index contributed by atoms with van der Waals surface area (Å²) >= 11 is 0. The maximum absolute atomic E-state index is 13.2. The van der Waals surface area contributed by atoms with Crippen LogP contribution in [0.1, 0.15) is 27.9 Å². The van der Waals surface area contributed by atoms with Gasteiger partial charge in [-0.3, -0.25) is 9.10 Å². The van der Waals surface area contributed by atoms with Gasteiger partial charge >= 0.3 is 6.18 Å². The Balaban J connectivity index is 1.56. The van der Waals surface area contributed by atoms with Crippen molar-refractivity contribution in [3.05, 3.63) is 89.2 Å². The van der Waals surface area contributed by atoms with Gasteiger partial charge in [-0.2, -0.15) is 13.2 Å². The van der Waals surface area contributed by atoms with Crippen LogP contribution < -0.4 is 9.62 Å². The fraction of sp³-hybridized carbons (Fsp3) is 0.174. The van der Waals surface area contributed by atoms with Gasteiger partial charge in [0.2, 0.25) is 0 Å². The summed E-state index contributed by atoms with van der Waals surface area (Å²) in [5.74, 6) is -1.13. The molecule has 1 N–H and O–H groups in total. The van der Waals surface area contributed by atoms with E-state index in [-0.39, 0.29) is 17.0 Å². The number of carbonyl (C=O) groups excluding carboxylic acids is 1. The zero-order chi connectivity index (χ0) is 23.8. The molecule has 0 spiro atoms. The Bertz CT molecular complexity index is 1290. The molecule has 0 fully saturated rings. The van der Waals surface area contributed by atoms with Gasteiger partial charge in [-0.25, -0.2) is 12.8 Å². The van der Waals surface area contributed by atoms with E-state index in [1.165, 1.54) is 22.5 Å². The summed E-state index contributed by atoms with van der Waals surface area (Å²) in [4.78, 5) is 12.4. The molecule has 0 saturated heterocycles. The number of hydrogen-bond acceptors (Lipinski definition) is 3. The van der Waals surface area contributed by atoms with Gasteiger partial charge in [0.15, 0.2) is 0 Å². The average molecular weight is 478 g/mol. The molecule has 1 amide bonds. The van der Waals surface area contributed by atoms with Crippen LogP contribution in [0.4, 0.5) is 28.9 Å². The largest absolute Gasteiger partial charge is 0.416 e. The molecule has 4 rings (SSSR count). The van der Waals surface area contributed by atoms with Crippen LogP contribution in [0.3, 0.4) is 0 Å². The molecule has 0 atom stereocenters. The summed E-state index contributed by atoms with van der Waals surface area (Å²) in [5.41, 5.74) is 0.742. The fourth-order valence-corrected chi connectivity index (χ4v) is 5.18. The summed E-state index contributed by atoms with van der Waals surface area (Å²) in [5, 5.41) is 2.63. The van der Waals surface area contributed by atoms with Crippen molar-refractivity contribution < 1.29 is 30.8 Å². The highest BCUT2D eigenvalue weighted by atomic mass is 32.2. The van der Waals surface area contributed by atoms with Crippen molar-refractivity contribution in [2.45, 2.75) is 23.9 Å². The van der Waals surface area contributed by atoms with Crippen molar-refractivity contribution in [3.8, 4) is 0 Å². The van der Waals surface area contributed by atoms with E-state index in [2.05, 4.69) is 5.32 Å². The molecule has 0 radical (unpaired) electrons. The van der Waals surface area contributed by atoms with Gasteiger partial charge in [0.25, 0.3) is 15.9 Å². The second-order valence-electron chi connectivity index (χ2n) is 7.51. The molecule has 0 saturated carbocycles. The van der Waals surface area contributed by atoms with Crippen LogP contribution in [-0.4, -0.2) is 20.9 Å². The van der Waals surface area contributed by atoms with Gasteiger partial charge in [-0.1, -0.05) is 0 Å². The summed E-state index contributed by atoms with van der Waals surface area (Å²) in [6, 6.07) is 13.2. The standard InChI is InChI=1S/C23H18F4N2O3S/c24-18-7-10-20(11-8-18)33(31,32)29-13-1-2-16-14-19(9-12-21(16)29)28-22(30)15-3-5-17(6-4-15)23(25,26)27/h3-12,14H,1-2,13H2,(H,28,30). The summed E-state index contributed by atoms with van der Waals surface area (Å²) in [6.45, 7) is 0.254. The molecule has 1 heterocycles. The quantitative estimate of drug-likeness (QED) is 0.522. The molecule has 33 heavy (non-hydrogen) atoms. The van der Waals surface area contributed by atoms with Crippen LogP contribution in [0, 0.1) is 5.82 Å². The average Bonchev–Trinajstić information content (AvgIpc) is 2.78. The van der Waals surface area contributed by atoms with Crippen LogP contribution in [-0.2, 0) is 22.6 Å². The van der Waals surface area contributed by atoms with E-state index in [4.69, 9.17) is 0 Å². The van der Waals surface area contributed by atoms with E-state index < -0.39 is 33.5 Å². The van der Waals surface area contributed by atoms with Crippen molar-refractivity contribution in [1.29, 1.82) is 0 Å². The fourth-order valence-electron chi connectivity index (χ4n) is 3.64. The third kappa shape index (κ3) is 4.70. The second kappa shape index (κ2) is 8.51. The molecule has 3 aromatic carbocycles. The number of sulfonamides is 1. The molecule has 172 valence electrons. The van der Waals surface area contributed by atoms with Crippen LogP contribution in [0.25, 0.3) is 0 Å². The predicted molar refractivity (Wildman–Crippen MR) is 115 cm³/mol. The van der Waals surface area contributed by atoms with E-state index in [9.17, 15) is 30.8 Å². The van der Waals surface area contributed by atoms with Crippen molar-refractivity contribution in [1.82, 2.24) is 0 Å². The van der Waals surface area contributed by atoms with Gasteiger partial charge in [-0.15, -0.1) is 0 Å². The van der Waals surface area contributed by atoms with E-state index in [0.29, 0.717) is 29.8 Å². The zero-order valence-corrected chi connectivity index (χ0v) is 17.9. The lowest BCUT2D eigenvalue weighted by Crippen LogP contribution is -2.35. The molecule has 5 nitrogen and oxygen atoms in total. The second-order valence-corrected chi connectivity index (χ2v) is 9.37. The number of aryl methyl sites for hydroxylation is 1. The Morgan fingerprint density at radius 2 is 1.61 bits per heavy atom. The number of alkyl halides is 3. The highest BCUT2D eigenvalue weighted by Crippen LogP contribution is 2.34. The minimum Gasteiger partial charge on any atom is -0.322 e. The number of amides is 1. The van der Waals surface area contributed by atoms with Crippen LogP contribution in [0.5, 0.6) is 0 Å². The van der Waals surface area contributed by atoms with Crippen molar-refractivity contribution in [3.63, 3.8) is 0 Å². The Labute approximate surface area is 187 Å². The first-order chi connectivity index (χ1) is 15.6. The first-order valence-corrected chi connectivity index (χ1v) is 11.4. The van der Waals surface area contributed by atoms with Crippen molar-refractivity contribution in [2.75, 3.05) is 16.2 Å². The topological polar surface area (TPSA) is 66.5 Å². The number of benzene rings is 3. The first kappa shape index (κ1) is 22.8. The monoisotopic (exact) mass is 478 g/mol. The van der Waals surface area contributed by atoms with E-state index in [1.807, 2.05) is 0 Å². The van der Waals surface area contributed by atoms with Gasteiger partial charge in [0.05, 0.1) is 16.1 Å². The Morgan fingerprint density at radius 1 is 0.939 bits per heavy atom. The molecule has 10 heteroatoms. The SMILES string of the molecule is O=C(Nc1ccc2c(c1)CCCN2S(=O)(=O)c1ccc(F)cc1)c1ccc(C(F)(F)F)cc1. The Kier molecular flexibility index (Phi) is 5.87. The highest BCUT2D eigenvalue weighted by Gasteiger charge is 2.31.